The maximum atomic E-state index is 12.3. The molecular weight excluding hydrogens is 618 g/mol. The summed E-state index contributed by atoms with van der Waals surface area (Å²) in [6.45, 7) is 8.82. The number of pyridine rings is 1. The number of nitro groups is 2. The van der Waals surface area contributed by atoms with Crippen LogP contribution in [-0.4, -0.2) is 101 Å². The molecule has 3 amide bonds. The van der Waals surface area contributed by atoms with Crippen LogP contribution in [0, 0.1) is 20.2 Å². The molecule has 0 radical (unpaired) electrons. The monoisotopic (exact) mass is 657 g/mol. The fraction of sp³-hybridized carbons (Fsp3) is 0.448. The third-order valence-electron chi connectivity index (χ3n) is 6.76. The van der Waals surface area contributed by atoms with Crippen molar-refractivity contribution in [1.82, 2.24) is 14.8 Å². The zero-order chi connectivity index (χ0) is 34.7. The van der Waals surface area contributed by atoms with E-state index in [0.717, 1.165) is 18.3 Å². The van der Waals surface area contributed by atoms with Gasteiger partial charge in [0.1, 0.15) is 11.4 Å². The van der Waals surface area contributed by atoms with E-state index < -0.39 is 38.6 Å². The van der Waals surface area contributed by atoms with Crippen molar-refractivity contribution < 1.29 is 33.7 Å². The first-order valence-electron chi connectivity index (χ1n) is 14.7. The number of piperazine rings is 1. The van der Waals surface area contributed by atoms with Gasteiger partial charge in [0.2, 0.25) is 11.7 Å². The first-order chi connectivity index (χ1) is 22.2. The van der Waals surface area contributed by atoms with Crippen molar-refractivity contribution in [3.8, 4) is 5.75 Å². The normalized spacial score (nSPS) is 13.6. The van der Waals surface area contributed by atoms with Crippen LogP contribution in [0.15, 0.2) is 36.5 Å². The van der Waals surface area contributed by atoms with E-state index in [1.807, 2.05) is 20.8 Å². The highest BCUT2D eigenvalue weighted by molar-refractivity contribution is 5.96. The molecule has 1 fully saturated rings. The van der Waals surface area contributed by atoms with E-state index in [1.54, 1.807) is 17.1 Å². The second kappa shape index (κ2) is 16.2. The van der Waals surface area contributed by atoms with Crippen LogP contribution in [0.5, 0.6) is 5.75 Å². The van der Waals surface area contributed by atoms with Gasteiger partial charge in [-0.15, -0.1) is 0 Å². The maximum Gasteiger partial charge on any atom is 0.410 e. The van der Waals surface area contributed by atoms with Crippen molar-refractivity contribution in [3.05, 3.63) is 67.9 Å². The van der Waals surface area contributed by atoms with Crippen molar-refractivity contribution in [2.24, 2.45) is 11.5 Å². The number of hydrogen-bond acceptors (Lipinski definition) is 13. The van der Waals surface area contributed by atoms with Gasteiger partial charge in [0.15, 0.2) is 5.69 Å². The molecule has 3 rings (SSSR count). The van der Waals surface area contributed by atoms with Crippen molar-refractivity contribution in [1.29, 1.82) is 0 Å². The molecule has 1 aliphatic heterocycles. The fourth-order valence-electron chi connectivity index (χ4n) is 4.48. The largest absolute Gasteiger partial charge is 0.491 e. The Hall–Kier alpha value is -5.52. The Morgan fingerprint density at radius 2 is 1.53 bits per heavy atom. The number of nitro benzene ring substituents is 1. The van der Waals surface area contributed by atoms with Crippen molar-refractivity contribution >= 4 is 40.8 Å². The summed E-state index contributed by atoms with van der Waals surface area (Å²) in [5.74, 6) is -1.71. The molecule has 1 aromatic carbocycles. The SMILES string of the molecule is CC(C)(C)OC(=O)N1CCN(CCCOc2cc(C(N)=O)cc([N+](=O)[O-])c2NCC=CCNc2ncc(C(N)=O)cc2[N+](=O)[O-])CC1. The average Bonchev–Trinajstić information content (AvgIpc) is 3.00. The maximum absolute atomic E-state index is 12.3. The first-order valence-corrected chi connectivity index (χ1v) is 14.7. The van der Waals surface area contributed by atoms with Crippen LogP contribution < -0.4 is 26.8 Å². The number of ether oxygens (including phenoxy) is 2. The Labute approximate surface area is 270 Å². The highest BCUT2D eigenvalue weighted by atomic mass is 16.6. The number of benzene rings is 1. The quantitative estimate of drug-likeness (QED) is 0.0931. The molecule has 1 aliphatic rings. The summed E-state index contributed by atoms with van der Waals surface area (Å²) >= 11 is 0. The lowest BCUT2D eigenvalue weighted by atomic mass is 10.1. The standard InChI is InChI=1S/C29H39N9O9/c1-29(2,3)47-28(41)36-12-10-35(11-13-36)9-6-14-46-23-17-19(25(30)39)15-21(37(42)43)24(23)32-7-4-5-8-33-27-22(38(44)45)16-20(18-34-27)26(31)40/h4-5,15-18,32H,6-14H2,1-3H3,(H2,30,39)(H2,31,40)(H,33,34). The Bertz CT molecular complexity index is 1520. The molecule has 0 saturated carbocycles. The zero-order valence-corrected chi connectivity index (χ0v) is 26.4. The molecule has 0 atom stereocenters. The predicted octanol–water partition coefficient (Wildman–Crippen LogP) is 2.50. The Morgan fingerprint density at radius 3 is 2.11 bits per heavy atom. The molecule has 1 aromatic heterocycles. The number of anilines is 2. The number of rotatable bonds is 15. The number of carbonyl (C=O) groups is 3. The van der Waals surface area contributed by atoms with Gasteiger partial charge in [0.05, 0.1) is 22.0 Å². The second-order valence-electron chi connectivity index (χ2n) is 11.4. The number of nitrogens with two attached hydrogens (primary N) is 2. The number of aromatic nitrogens is 1. The van der Waals surface area contributed by atoms with Gasteiger partial charge in [-0.25, -0.2) is 9.78 Å². The summed E-state index contributed by atoms with van der Waals surface area (Å²) in [5.41, 5.74) is 9.01. The van der Waals surface area contributed by atoms with Crippen molar-refractivity contribution in [2.75, 3.05) is 63.1 Å². The Balaban J connectivity index is 1.58. The number of hydrogen-bond donors (Lipinski definition) is 4. The van der Waals surface area contributed by atoms with E-state index >= 15 is 0 Å². The number of primary amides is 2. The van der Waals surface area contributed by atoms with E-state index in [2.05, 4.69) is 20.5 Å². The molecule has 0 bridgehead atoms. The zero-order valence-electron chi connectivity index (χ0n) is 26.4. The number of amides is 3. The van der Waals surface area contributed by atoms with Crippen molar-refractivity contribution in [3.63, 3.8) is 0 Å². The van der Waals surface area contributed by atoms with E-state index in [-0.39, 0.29) is 54.2 Å². The molecule has 47 heavy (non-hydrogen) atoms. The minimum Gasteiger partial charge on any atom is -0.491 e. The van der Waals surface area contributed by atoms with Crippen LogP contribution >= 0.6 is 0 Å². The molecule has 2 heterocycles. The van der Waals surface area contributed by atoms with E-state index in [1.165, 1.54) is 6.07 Å². The lowest BCUT2D eigenvalue weighted by Crippen LogP contribution is -2.50. The Kier molecular flexibility index (Phi) is 12.4. The van der Waals surface area contributed by atoms with E-state index in [0.29, 0.717) is 39.1 Å². The molecule has 1 saturated heterocycles. The number of nitrogens with zero attached hydrogens (tertiary/aromatic N) is 5. The molecule has 6 N–H and O–H groups in total. The topological polar surface area (TPSA) is 251 Å². The molecule has 0 unspecified atom stereocenters. The van der Waals surface area contributed by atoms with Gasteiger partial charge < -0.3 is 36.5 Å². The molecule has 18 heteroatoms. The van der Waals surface area contributed by atoms with Crippen LogP contribution in [0.2, 0.25) is 0 Å². The lowest BCUT2D eigenvalue weighted by molar-refractivity contribution is -0.384. The molecule has 0 spiro atoms. The molecule has 18 nitrogen and oxygen atoms in total. The summed E-state index contributed by atoms with van der Waals surface area (Å²) in [5, 5.41) is 28.9. The minimum atomic E-state index is -0.857. The summed E-state index contributed by atoms with van der Waals surface area (Å²) in [7, 11) is 0. The molecule has 0 aliphatic carbocycles. The van der Waals surface area contributed by atoms with Gasteiger partial charge in [0, 0.05) is 69.7 Å². The van der Waals surface area contributed by atoms with Gasteiger partial charge >= 0.3 is 11.8 Å². The van der Waals surface area contributed by atoms with Crippen LogP contribution in [0.4, 0.5) is 27.7 Å². The van der Waals surface area contributed by atoms with Gasteiger partial charge in [-0.2, -0.15) is 0 Å². The highest BCUT2D eigenvalue weighted by Crippen LogP contribution is 2.36. The first kappa shape index (κ1) is 36.0. The Morgan fingerprint density at radius 1 is 0.936 bits per heavy atom. The van der Waals surface area contributed by atoms with Gasteiger partial charge in [-0.3, -0.25) is 34.7 Å². The van der Waals surface area contributed by atoms with Gasteiger partial charge in [0.25, 0.3) is 11.6 Å². The third kappa shape index (κ3) is 10.8. The van der Waals surface area contributed by atoms with Gasteiger partial charge in [-0.05, 0) is 33.3 Å². The summed E-state index contributed by atoms with van der Waals surface area (Å²) in [6.07, 6.45) is 4.55. The average molecular weight is 658 g/mol. The van der Waals surface area contributed by atoms with Crippen LogP contribution in [0.1, 0.15) is 47.9 Å². The molecule has 254 valence electrons. The number of carbonyl (C=O) groups excluding carboxylic acids is 3. The smallest absolute Gasteiger partial charge is 0.410 e. The van der Waals surface area contributed by atoms with Crippen LogP contribution in [0.25, 0.3) is 0 Å². The van der Waals surface area contributed by atoms with Crippen LogP contribution in [-0.2, 0) is 4.74 Å². The summed E-state index contributed by atoms with van der Waals surface area (Å²) in [6, 6.07) is 3.42. The fourth-order valence-corrected chi connectivity index (χ4v) is 4.48. The van der Waals surface area contributed by atoms with E-state index in [4.69, 9.17) is 20.9 Å². The summed E-state index contributed by atoms with van der Waals surface area (Å²) in [4.78, 5) is 65.1. The molecule has 2 aromatic rings. The van der Waals surface area contributed by atoms with E-state index in [9.17, 15) is 34.6 Å². The van der Waals surface area contributed by atoms with Crippen molar-refractivity contribution in [2.45, 2.75) is 32.8 Å². The minimum absolute atomic E-state index is 0.0444. The predicted molar refractivity (Wildman–Crippen MR) is 172 cm³/mol. The second-order valence-corrected chi connectivity index (χ2v) is 11.4. The summed E-state index contributed by atoms with van der Waals surface area (Å²) < 4.78 is 11.3. The number of nitrogens with one attached hydrogen (secondary N) is 2. The highest BCUT2D eigenvalue weighted by Gasteiger charge is 2.26. The molecular formula is C29H39N9O9. The van der Waals surface area contributed by atoms with Crippen LogP contribution in [0.3, 0.4) is 0 Å². The van der Waals surface area contributed by atoms with Gasteiger partial charge in [-0.1, -0.05) is 12.2 Å². The third-order valence-corrected chi connectivity index (χ3v) is 6.76. The lowest BCUT2D eigenvalue weighted by Gasteiger charge is -2.35.